The van der Waals surface area contributed by atoms with E-state index in [0.717, 1.165) is 17.7 Å². The first-order chi connectivity index (χ1) is 10.9. The smallest absolute Gasteiger partial charge is 0.306 e. The third-order valence-electron chi connectivity index (χ3n) is 4.33. The summed E-state index contributed by atoms with van der Waals surface area (Å²) in [6.45, 7) is 0.295. The minimum Gasteiger partial charge on any atom is -0.456 e. The van der Waals surface area contributed by atoms with Crippen LogP contribution in [0.3, 0.4) is 0 Å². The molecule has 0 saturated carbocycles. The normalized spacial score (nSPS) is 21.9. The number of amides is 1. The second kappa shape index (κ2) is 6.31. The number of ether oxygens (including phenoxy) is 1. The molecule has 1 atom stereocenters. The van der Waals surface area contributed by atoms with Crippen LogP contribution in [0.25, 0.3) is 0 Å². The molecule has 0 aromatic heterocycles. The number of rotatable bonds is 4. The first-order valence-corrected chi connectivity index (χ1v) is 9.51. The Kier molecular flexibility index (Phi) is 4.39. The molecule has 7 heteroatoms. The van der Waals surface area contributed by atoms with Gasteiger partial charge in [-0.1, -0.05) is 18.2 Å². The Morgan fingerprint density at radius 1 is 1.26 bits per heavy atom. The second-order valence-electron chi connectivity index (χ2n) is 6.06. The quantitative estimate of drug-likeness (QED) is 0.764. The molecule has 0 bridgehead atoms. The fraction of sp³-hybridized carbons (Fsp3) is 0.500. The maximum absolute atomic E-state index is 12.2. The number of hydrogen-bond donors (Lipinski definition) is 0. The van der Waals surface area contributed by atoms with Gasteiger partial charge < -0.3 is 9.64 Å². The van der Waals surface area contributed by atoms with Gasteiger partial charge in [-0.15, -0.1) is 0 Å². The lowest BCUT2D eigenvalue weighted by Gasteiger charge is -2.17. The highest BCUT2D eigenvalue weighted by molar-refractivity contribution is 7.91. The molecule has 1 fully saturated rings. The van der Waals surface area contributed by atoms with Crippen molar-refractivity contribution >= 4 is 27.4 Å². The second-order valence-corrected chi connectivity index (χ2v) is 8.29. The van der Waals surface area contributed by atoms with Crippen LogP contribution in [0.2, 0.25) is 0 Å². The lowest BCUT2D eigenvalue weighted by Crippen LogP contribution is -2.33. The zero-order valence-electron chi connectivity index (χ0n) is 12.7. The molecule has 23 heavy (non-hydrogen) atoms. The van der Waals surface area contributed by atoms with Crippen LogP contribution in [0, 0.1) is 5.92 Å². The van der Waals surface area contributed by atoms with E-state index in [1.165, 1.54) is 0 Å². The molecule has 0 unspecified atom stereocenters. The first-order valence-electron chi connectivity index (χ1n) is 7.69. The molecule has 1 amide bonds. The molecule has 0 N–H and O–H groups in total. The van der Waals surface area contributed by atoms with E-state index in [0.29, 0.717) is 13.0 Å². The van der Waals surface area contributed by atoms with E-state index in [4.69, 9.17) is 4.74 Å². The minimum absolute atomic E-state index is 0.0372. The van der Waals surface area contributed by atoms with E-state index in [-0.39, 0.29) is 36.4 Å². The first kappa shape index (κ1) is 16.0. The van der Waals surface area contributed by atoms with Gasteiger partial charge in [0.1, 0.15) is 0 Å². The fourth-order valence-electron chi connectivity index (χ4n) is 3.15. The van der Waals surface area contributed by atoms with Gasteiger partial charge >= 0.3 is 5.97 Å². The van der Waals surface area contributed by atoms with Crippen molar-refractivity contribution in [1.29, 1.82) is 0 Å². The number of para-hydroxylation sites is 1. The Morgan fingerprint density at radius 3 is 2.78 bits per heavy atom. The van der Waals surface area contributed by atoms with Gasteiger partial charge in [0, 0.05) is 18.7 Å². The number of carbonyl (C=O) groups is 2. The van der Waals surface area contributed by atoms with Gasteiger partial charge in [0.15, 0.2) is 16.4 Å². The van der Waals surface area contributed by atoms with Crippen LogP contribution >= 0.6 is 0 Å². The molecule has 1 aromatic rings. The molecule has 2 heterocycles. The Hall–Kier alpha value is -1.89. The van der Waals surface area contributed by atoms with Gasteiger partial charge in [0.25, 0.3) is 5.91 Å². The number of esters is 1. The molecule has 124 valence electrons. The van der Waals surface area contributed by atoms with Gasteiger partial charge in [-0.3, -0.25) is 9.59 Å². The van der Waals surface area contributed by atoms with Crippen LogP contribution in [0.15, 0.2) is 24.3 Å². The lowest BCUT2D eigenvalue weighted by molar-refractivity contribution is -0.148. The van der Waals surface area contributed by atoms with Crippen molar-refractivity contribution in [2.45, 2.75) is 19.3 Å². The third kappa shape index (κ3) is 3.72. The average molecular weight is 337 g/mol. The highest BCUT2D eigenvalue weighted by Gasteiger charge is 2.30. The Labute approximate surface area is 135 Å². The Morgan fingerprint density at radius 2 is 2.04 bits per heavy atom. The van der Waals surface area contributed by atoms with Gasteiger partial charge in [-0.2, -0.15) is 0 Å². The topological polar surface area (TPSA) is 80.7 Å². The summed E-state index contributed by atoms with van der Waals surface area (Å²) >= 11 is 0. The average Bonchev–Trinajstić information content (AvgIpc) is 3.08. The summed E-state index contributed by atoms with van der Waals surface area (Å²) in [6, 6.07) is 7.67. The van der Waals surface area contributed by atoms with Crippen LogP contribution in [-0.4, -0.2) is 45.0 Å². The standard InChI is InChI=1S/C16H19NO5S/c18-15(17-7-5-13-3-1-2-4-14(13)17)10-22-16(19)9-12-6-8-23(20,21)11-12/h1-4,12H,5-11H2/t12-/m1/s1. The number of carbonyl (C=O) groups excluding carboxylic acids is 2. The van der Waals surface area contributed by atoms with Crippen molar-refractivity contribution in [1.82, 2.24) is 0 Å². The summed E-state index contributed by atoms with van der Waals surface area (Å²) < 4.78 is 27.8. The van der Waals surface area contributed by atoms with Crippen molar-refractivity contribution in [3.05, 3.63) is 29.8 Å². The molecule has 1 saturated heterocycles. The molecule has 0 radical (unpaired) electrons. The minimum atomic E-state index is -3.00. The van der Waals surface area contributed by atoms with Crippen LogP contribution in [-0.2, 0) is 30.6 Å². The van der Waals surface area contributed by atoms with E-state index in [1.54, 1.807) is 4.90 Å². The van der Waals surface area contributed by atoms with E-state index >= 15 is 0 Å². The maximum atomic E-state index is 12.2. The lowest BCUT2D eigenvalue weighted by atomic mass is 10.1. The van der Waals surface area contributed by atoms with Crippen molar-refractivity contribution in [2.24, 2.45) is 5.92 Å². The van der Waals surface area contributed by atoms with Crippen molar-refractivity contribution in [2.75, 3.05) is 29.6 Å². The van der Waals surface area contributed by atoms with Gasteiger partial charge in [-0.25, -0.2) is 8.42 Å². The van der Waals surface area contributed by atoms with E-state index in [9.17, 15) is 18.0 Å². The molecular weight excluding hydrogens is 318 g/mol. The van der Waals surface area contributed by atoms with Gasteiger partial charge in [0.2, 0.25) is 0 Å². The number of benzene rings is 1. The van der Waals surface area contributed by atoms with E-state index in [2.05, 4.69) is 0 Å². The SMILES string of the molecule is O=C(C[C@H]1CCS(=O)(=O)C1)OCC(=O)N1CCc2ccccc21. The highest BCUT2D eigenvalue weighted by atomic mass is 32.2. The van der Waals surface area contributed by atoms with Crippen LogP contribution < -0.4 is 4.90 Å². The summed E-state index contributed by atoms with van der Waals surface area (Å²) in [5.74, 6) is -0.769. The molecule has 1 aromatic carbocycles. The van der Waals surface area contributed by atoms with E-state index in [1.807, 2.05) is 24.3 Å². The van der Waals surface area contributed by atoms with Crippen LogP contribution in [0.4, 0.5) is 5.69 Å². The van der Waals surface area contributed by atoms with Crippen molar-refractivity contribution in [3.8, 4) is 0 Å². The predicted molar refractivity (Wildman–Crippen MR) is 84.8 cm³/mol. The highest BCUT2D eigenvalue weighted by Crippen LogP contribution is 2.27. The zero-order chi connectivity index (χ0) is 16.4. The van der Waals surface area contributed by atoms with Crippen LogP contribution in [0.5, 0.6) is 0 Å². The molecular formula is C16H19NO5S. The Balaban J connectivity index is 1.49. The maximum Gasteiger partial charge on any atom is 0.306 e. The summed E-state index contributed by atoms with van der Waals surface area (Å²) in [5, 5.41) is 0. The summed E-state index contributed by atoms with van der Waals surface area (Å²) in [4.78, 5) is 25.6. The summed E-state index contributed by atoms with van der Waals surface area (Å²) in [6.07, 6.45) is 1.35. The molecule has 2 aliphatic rings. The van der Waals surface area contributed by atoms with Crippen molar-refractivity contribution in [3.63, 3.8) is 0 Å². The number of nitrogens with zero attached hydrogens (tertiary/aromatic N) is 1. The van der Waals surface area contributed by atoms with E-state index < -0.39 is 15.8 Å². The molecule has 0 aliphatic carbocycles. The molecule has 0 spiro atoms. The number of hydrogen-bond acceptors (Lipinski definition) is 5. The zero-order valence-corrected chi connectivity index (χ0v) is 13.5. The monoisotopic (exact) mass is 337 g/mol. The van der Waals surface area contributed by atoms with Gasteiger partial charge in [0.05, 0.1) is 11.5 Å². The largest absolute Gasteiger partial charge is 0.456 e. The summed E-state index contributed by atoms with van der Waals surface area (Å²) in [7, 11) is -3.00. The fourth-order valence-corrected chi connectivity index (χ4v) is 5.01. The summed E-state index contributed by atoms with van der Waals surface area (Å²) in [5.41, 5.74) is 1.98. The molecule has 6 nitrogen and oxygen atoms in total. The molecule has 3 rings (SSSR count). The Bertz CT molecular complexity index is 728. The number of fused-ring (bicyclic) bond motifs is 1. The van der Waals surface area contributed by atoms with Crippen LogP contribution in [0.1, 0.15) is 18.4 Å². The third-order valence-corrected chi connectivity index (χ3v) is 6.16. The molecule has 2 aliphatic heterocycles. The number of anilines is 1. The van der Waals surface area contributed by atoms with Crippen molar-refractivity contribution < 1.29 is 22.7 Å². The predicted octanol–water partition coefficient (Wildman–Crippen LogP) is 0.944. The number of sulfone groups is 1. The van der Waals surface area contributed by atoms with Gasteiger partial charge in [-0.05, 0) is 30.4 Å².